The lowest BCUT2D eigenvalue weighted by atomic mass is 10.3. The summed E-state index contributed by atoms with van der Waals surface area (Å²) in [7, 11) is -2.87. The van der Waals surface area contributed by atoms with Crippen molar-refractivity contribution in [2.75, 3.05) is 26.0 Å². The molecule has 0 fully saturated rings. The van der Waals surface area contributed by atoms with Crippen LogP contribution in [0, 0.1) is 0 Å². The van der Waals surface area contributed by atoms with Gasteiger partial charge in [-0.25, -0.2) is 0 Å². The highest BCUT2D eigenvalue weighted by molar-refractivity contribution is 6.60. The molecule has 0 aromatic carbocycles. The molecule has 0 aliphatic rings. The third-order valence-corrected chi connectivity index (χ3v) is 4.48. The first-order valence-corrected chi connectivity index (χ1v) is 7.34. The van der Waals surface area contributed by atoms with Crippen LogP contribution in [-0.4, -0.2) is 46.0 Å². The summed E-state index contributed by atoms with van der Waals surface area (Å²) in [6.07, 6.45) is 0.491. The Balaban J connectivity index is 4.31. The van der Waals surface area contributed by atoms with Gasteiger partial charge in [-0.15, -0.1) is 0 Å². The van der Waals surface area contributed by atoms with E-state index in [9.17, 15) is 5.11 Å². The summed E-state index contributed by atoms with van der Waals surface area (Å²) < 4.78 is 16.6. The monoisotopic (exact) mass is 237 g/mol. The van der Waals surface area contributed by atoms with Gasteiger partial charge in [0.2, 0.25) is 0 Å². The van der Waals surface area contributed by atoms with Gasteiger partial charge in [-0.3, -0.25) is 0 Å². The van der Waals surface area contributed by atoms with Crippen LogP contribution in [0.2, 0.25) is 0 Å². The third-order valence-electron chi connectivity index (χ3n) is 1.88. The predicted molar refractivity (Wildman–Crippen MR) is 60.3 cm³/mol. The third kappa shape index (κ3) is 5.60. The van der Waals surface area contributed by atoms with Crippen molar-refractivity contribution >= 4 is 8.80 Å². The Hall–Kier alpha value is 0.0169. The summed E-state index contributed by atoms with van der Waals surface area (Å²) in [5.74, 6) is 0. The van der Waals surface area contributed by atoms with Crippen molar-refractivity contribution in [2.45, 2.75) is 33.3 Å². The van der Waals surface area contributed by atoms with Gasteiger partial charge < -0.3 is 24.1 Å². The van der Waals surface area contributed by atoms with Gasteiger partial charge in [0.1, 0.15) is 6.23 Å². The number of hydrogen-bond donors (Lipinski definition) is 2. The molecule has 92 valence electrons. The molecule has 0 bridgehead atoms. The molecule has 6 heteroatoms. The number of nitrogens with two attached hydrogens (primary N) is 1. The SMILES string of the molecule is CCO[Si](CO)(OCC)OC(C)CCN. The quantitative estimate of drug-likeness (QED) is 0.564. The number of aliphatic hydroxyl groups is 1. The van der Waals surface area contributed by atoms with Gasteiger partial charge in [-0.05, 0) is 33.7 Å². The molecule has 0 aromatic heterocycles. The lowest BCUT2D eigenvalue weighted by Crippen LogP contribution is -2.52. The van der Waals surface area contributed by atoms with Gasteiger partial charge in [-0.1, -0.05) is 0 Å². The van der Waals surface area contributed by atoms with E-state index in [1.54, 1.807) is 0 Å². The van der Waals surface area contributed by atoms with E-state index in [1.165, 1.54) is 0 Å². The van der Waals surface area contributed by atoms with Gasteiger partial charge in [0.15, 0.2) is 0 Å². The van der Waals surface area contributed by atoms with Crippen LogP contribution in [0.4, 0.5) is 0 Å². The fourth-order valence-corrected chi connectivity index (χ4v) is 3.37. The molecule has 0 rings (SSSR count). The molecular weight excluding hydrogens is 214 g/mol. The normalized spacial score (nSPS) is 14.2. The second kappa shape index (κ2) is 8.20. The van der Waals surface area contributed by atoms with E-state index in [0.29, 0.717) is 19.8 Å². The summed E-state index contributed by atoms with van der Waals surface area (Å²) in [6, 6.07) is 0. The molecule has 0 heterocycles. The van der Waals surface area contributed by atoms with Crippen LogP contribution in [0.1, 0.15) is 27.2 Å². The van der Waals surface area contributed by atoms with Crippen molar-refractivity contribution in [1.29, 1.82) is 0 Å². The average molecular weight is 237 g/mol. The first-order chi connectivity index (χ1) is 7.14. The van der Waals surface area contributed by atoms with E-state index in [4.69, 9.17) is 19.0 Å². The zero-order valence-corrected chi connectivity index (χ0v) is 10.9. The second-order valence-electron chi connectivity index (χ2n) is 3.21. The molecule has 0 saturated carbocycles. The molecule has 0 aliphatic heterocycles. The van der Waals surface area contributed by atoms with Crippen LogP contribution in [0.5, 0.6) is 0 Å². The highest BCUT2D eigenvalue weighted by atomic mass is 28.4. The van der Waals surface area contributed by atoms with Gasteiger partial charge in [0.25, 0.3) is 0 Å². The highest BCUT2D eigenvalue weighted by Gasteiger charge is 2.41. The van der Waals surface area contributed by atoms with Crippen molar-refractivity contribution in [3.63, 3.8) is 0 Å². The molecule has 0 radical (unpaired) electrons. The lowest BCUT2D eigenvalue weighted by molar-refractivity contribution is 0.0197. The largest absolute Gasteiger partial charge is 0.528 e. The minimum absolute atomic E-state index is 0.0492. The zero-order chi connectivity index (χ0) is 11.7. The standard InChI is InChI=1S/C9H23NO4Si/c1-4-12-15(8-11,13-5-2)14-9(3)6-7-10/h9,11H,4-8,10H2,1-3H3. The Bertz CT molecular complexity index is 153. The number of hydrogen-bond acceptors (Lipinski definition) is 5. The van der Waals surface area contributed by atoms with Crippen molar-refractivity contribution < 1.29 is 18.4 Å². The van der Waals surface area contributed by atoms with Crippen molar-refractivity contribution in [3.8, 4) is 0 Å². The van der Waals surface area contributed by atoms with E-state index in [0.717, 1.165) is 6.42 Å². The smallest absolute Gasteiger partial charge is 0.392 e. The molecule has 0 saturated heterocycles. The molecule has 0 spiro atoms. The van der Waals surface area contributed by atoms with E-state index in [-0.39, 0.29) is 12.3 Å². The first-order valence-electron chi connectivity index (χ1n) is 5.40. The Morgan fingerprint density at radius 1 is 1.27 bits per heavy atom. The maximum Gasteiger partial charge on any atom is 0.528 e. The fourth-order valence-electron chi connectivity index (χ4n) is 1.28. The summed E-state index contributed by atoms with van der Waals surface area (Å²) in [4.78, 5) is 0. The maximum atomic E-state index is 9.31. The molecule has 1 unspecified atom stereocenters. The second-order valence-corrected chi connectivity index (χ2v) is 5.71. The van der Waals surface area contributed by atoms with Crippen LogP contribution < -0.4 is 5.73 Å². The van der Waals surface area contributed by atoms with Crippen LogP contribution in [0.3, 0.4) is 0 Å². The van der Waals surface area contributed by atoms with E-state index in [1.807, 2.05) is 20.8 Å². The van der Waals surface area contributed by atoms with Crippen LogP contribution in [0.15, 0.2) is 0 Å². The predicted octanol–water partition coefficient (Wildman–Crippen LogP) is 0.284. The van der Waals surface area contributed by atoms with Gasteiger partial charge in [0.05, 0.1) is 0 Å². The Morgan fingerprint density at radius 2 is 1.80 bits per heavy atom. The topological polar surface area (TPSA) is 73.9 Å². The Labute approximate surface area is 92.9 Å². The van der Waals surface area contributed by atoms with E-state index in [2.05, 4.69) is 0 Å². The van der Waals surface area contributed by atoms with E-state index < -0.39 is 8.80 Å². The molecule has 3 N–H and O–H groups in total. The summed E-state index contributed by atoms with van der Waals surface area (Å²) >= 11 is 0. The van der Waals surface area contributed by atoms with E-state index >= 15 is 0 Å². The van der Waals surface area contributed by atoms with Crippen LogP contribution in [0.25, 0.3) is 0 Å². The molecule has 5 nitrogen and oxygen atoms in total. The molecular formula is C9H23NO4Si. The molecule has 1 atom stereocenters. The Kier molecular flexibility index (Phi) is 8.21. The van der Waals surface area contributed by atoms with Crippen molar-refractivity contribution in [2.24, 2.45) is 5.73 Å². The summed E-state index contributed by atoms with van der Waals surface area (Å²) in [5, 5.41) is 9.31. The molecule has 0 aromatic rings. The lowest BCUT2D eigenvalue weighted by Gasteiger charge is -2.29. The summed E-state index contributed by atoms with van der Waals surface area (Å²) in [5.41, 5.74) is 5.43. The average Bonchev–Trinajstić information content (AvgIpc) is 2.18. The summed E-state index contributed by atoms with van der Waals surface area (Å²) in [6.45, 7) is 7.11. The molecule has 0 amide bonds. The van der Waals surface area contributed by atoms with Crippen molar-refractivity contribution in [1.82, 2.24) is 0 Å². The first kappa shape index (κ1) is 15.0. The number of rotatable bonds is 9. The molecule has 0 aliphatic carbocycles. The fraction of sp³-hybridized carbons (Fsp3) is 1.00. The molecule has 15 heavy (non-hydrogen) atoms. The zero-order valence-electron chi connectivity index (χ0n) is 9.86. The van der Waals surface area contributed by atoms with Gasteiger partial charge in [-0.2, -0.15) is 0 Å². The van der Waals surface area contributed by atoms with Crippen LogP contribution in [-0.2, 0) is 13.3 Å². The highest BCUT2D eigenvalue weighted by Crippen LogP contribution is 2.13. The maximum absolute atomic E-state index is 9.31. The van der Waals surface area contributed by atoms with Crippen molar-refractivity contribution in [3.05, 3.63) is 0 Å². The minimum atomic E-state index is -2.87. The van der Waals surface area contributed by atoms with Gasteiger partial charge in [0, 0.05) is 19.3 Å². The van der Waals surface area contributed by atoms with Gasteiger partial charge >= 0.3 is 8.80 Å². The minimum Gasteiger partial charge on any atom is -0.392 e. The number of aliphatic hydroxyl groups excluding tert-OH is 1. The van der Waals surface area contributed by atoms with Crippen LogP contribution >= 0.6 is 0 Å². The Morgan fingerprint density at radius 3 is 2.13 bits per heavy atom.